The van der Waals surface area contributed by atoms with Crippen LogP contribution in [0.25, 0.3) is 21.8 Å². The summed E-state index contributed by atoms with van der Waals surface area (Å²) in [7, 11) is 4.08. The third kappa shape index (κ3) is 2.17. The van der Waals surface area contributed by atoms with Crippen LogP contribution in [-0.2, 0) is 6.54 Å². The van der Waals surface area contributed by atoms with Gasteiger partial charge in [-0.1, -0.05) is 0 Å². The first-order valence-electron chi connectivity index (χ1n) is 7.19. The van der Waals surface area contributed by atoms with Crippen molar-refractivity contribution in [3.05, 3.63) is 24.3 Å². The fraction of sp³-hybridized carbons (Fsp3) is 0.250. The maximum atomic E-state index is 6.23. The van der Waals surface area contributed by atoms with Crippen molar-refractivity contribution in [1.29, 1.82) is 0 Å². The lowest BCUT2D eigenvalue weighted by Gasteiger charge is -2.14. The predicted molar refractivity (Wildman–Crippen MR) is 95.6 cm³/mol. The Labute approximate surface area is 129 Å². The normalized spacial score (nSPS) is 11.8. The zero-order valence-electron chi connectivity index (χ0n) is 12.9. The van der Waals surface area contributed by atoms with Gasteiger partial charge in [0.2, 0.25) is 0 Å². The van der Waals surface area contributed by atoms with Gasteiger partial charge in [-0.2, -0.15) is 0 Å². The third-order valence-corrected chi connectivity index (χ3v) is 3.92. The van der Waals surface area contributed by atoms with Crippen LogP contribution < -0.4 is 22.9 Å². The van der Waals surface area contributed by atoms with Crippen LogP contribution in [0.1, 0.15) is 0 Å². The highest BCUT2D eigenvalue weighted by Crippen LogP contribution is 2.38. The molecule has 0 spiro atoms. The molecule has 3 aromatic rings. The van der Waals surface area contributed by atoms with Crippen molar-refractivity contribution >= 4 is 44.6 Å². The summed E-state index contributed by atoms with van der Waals surface area (Å²) in [6.07, 6.45) is 0. The van der Waals surface area contributed by atoms with E-state index < -0.39 is 0 Å². The monoisotopic (exact) mass is 298 g/mol. The Bertz CT molecular complexity index is 797. The summed E-state index contributed by atoms with van der Waals surface area (Å²) in [6.45, 7) is 1.67. The van der Waals surface area contributed by atoms with E-state index in [0.717, 1.165) is 34.9 Å². The molecule has 1 heterocycles. The minimum absolute atomic E-state index is 0.637. The van der Waals surface area contributed by atoms with Crippen molar-refractivity contribution in [3.8, 4) is 0 Å². The van der Waals surface area contributed by atoms with Crippen molar-refractivity contribution in [2.75, 3.05) is 43.6 Å². The van der Waals surface area contributed by atoms with E-state index in [2.05, 4.69) is 9.47 Å². The summed E-state index contributed by atoms with van der Waals surface area (Å²) in [5.74, 6) is 0. The molecule has 0 saturated carbocycles. The first-order valence-corrected chi connectivity index (χ1v) is 7.19. The lowest BCUT2D eigenvalue weighted by atomic mass is 10.1. The second-order valence-electron chi connectivity index (χ2n) is 5.97. The van der Waals surface area contributed by atoms with Crippen LogP contribution in [-0.4, -0.2) is 30.1 Å². The van der Waals surface area contributed by atoms with E-state index in [1.54, 1.807) is 12.1 Å². The molecule has 1 aromatic heterocycles. The molecule has 0 fully saturated rings. The van der Waals surface area contributed by atoms with Crippen molar-refractivity contribution in [1.82, 2.24) is 9.47 Å². The van der Waals surface area contributed by atoms with Crippen molar-refractivity contribution in [3.63, 3.8) is 0 Å². The van der Waals surface area contributed by atoms with Crippen LogP contribution in [0.5, 0.6) is 0 Å². The highest BCUT2D eigenvalue weighted by atomic mass is 15.1. The van der Waals surface area contributed by atoms with Gasteiger partial charge in [-0.05, 0) is 38.4 Å². The smallest absolute Gasteiger partial charge is 0.0727 e. The molecule has 0 unspecified atom stereocenters. The van der Waals surface area contributed by atoms with E-state index in [1.807, 2.05) is 26.2 Å². The standard InChI is InChI=1S/C16H22N6/c1-21(2)3-4-22-15-11(5-9(17)7-13(15)19)12-6-10(18)8-14(20)16(12)22/h5-8H,3-4,17-20H2,1-2H3. The number of aromatic nitrogens is 1. The molecule has 0 atom stereocenters. The first kappa shape index (κ1) is 14.3. The van der Waals surface area contributed by atoms with Crippen LogP contribution in [0, 0.1) is 0 Å². The van der Waals surface area contributed by atoms with Gasteiger partial charge in [-0.25, -0.2) is 0 Å². The number of anilines is 4. The molecule has 6 nitrogen and oxygen atoms in total. The van der Waals surface area contributed by atoms with Crippen LogP contribution in [0.4, 0.5) is 22.7 Å². The Balaban J connectivity index is 2.42. The summed E-state index contributed by atoms with van der Waals surface area (Å²) in [6, 6.07) is 7.43. The molecule has 116 valence electrons. The molecule has 0 radical (unpaired) electrons. The van der Waals surface area contributed by atoms with E-state index in [0.29, 0.717) is 22.7 Å². The number of nitrogens with two attached hydrogens (primary N) is 4. The Hall–Kier alpha value is -2.60. The van der Waals surface area contributed by atoms with Crippen molar-refractivity contribution in [2.24, 2.45) is 0 Å². The second-order valence-corrected chi connectivity index (χ2v) is 5.97. The maximum absolute atomic E-state index is 6.23. The van der Waals surface area contributed by atoms with Gasteiger partial charge in [-0.15, -0.1) is 0 Å². The van der Waals surface area contributed by atoms with E-state index in [4.69, 9.17) is 22.9 Å². The second kappa shape index (κ2) is 4.99. The third-order valence-electron chi connectivity index (χ3n) is 3.92. The lowest BCUT2D eigenvalue weighted by Crippen LogP contribution is -2.18. The van der Waals surface area contributed by atoms with Gasteiger partial charge in [0, 0.05) is 35.2 Å². The SMILES string of the molecule is CN(C)CCn1c2c(N)cc(N)cc2c2cc(N)cc(N)c21. The Morgan fingerprint density at radius 3 is 1.68 bits per heavy atom. The summed E-state index contributed by atoms with van der Waals surface area (Å²) in [5, 5.41) is 1.98. The van der Waals surface area contributed by atoms with Gasteiger partial charge in [0.25, 0.3) is 0 Å². The maximum Gasteiger partial charge on any atom is 0.0727 e. The van der Waals surface area contributed by atoms with Crippen LogP contribution in [0.15, 0.2) is 24.3 Å². The average Bonchev–Trinajstić information content (AvgIpc) is 2.71. The number of fused-ring (bicyclic) bond motifs is 3. The molecule has 0 aliphatic rings. The minimum Gasteiger partial charge on any atom is -0.399 e. The van der Waals surface area contributed by atoms with Gasteiger partial charge in [0.15, 0.2) is 0 Å². The number of rotatable bonds is 3. The molecular weight excluding hydrogens is 276 g/mol. The van der Waals surface area contributed by atoms with Crippen LogP contribution in [0.2, 0.25) is 0 Å². The zero-order chi connectivity index (χ0) is 16.0. The first-order chi connectivity index (χ1) is 10.4. The Kier molecular flexibility index (Phi) is 3.26. The predicted octanol–water partition coefficient (Wildman–Crippen LogP) is 1.68. The zero-order valence-corrected chi connectivity index (χ0v) is 12.9. The highest BCUT2D eigenvalue weighted by Gasteiger charge is 2.16. The van der Waals surface area contributed by atoms with Gasteiger partial charge < -0.3 is 32.4 Å². The molecule has 0 aliphatic carbocycles. The number of hydrogen-bond donors (Lipinski definition) is 4. The van der Waals surface area contributed by atoms with Crippen molar-refractivity contribution < 1.29 is 0 Å². The van der Waals surface area contributed by atoms with Crippen LogP contribution >= 0.6 is 0 Å². The quantitative estimate of drug-likeness (QED) is 0.550. The van der Waals surface area contributed by atoms with E-state index >= 15 is 0 Å². The van der Waals surface area contributed by atoms with Gasteiger partial charge in [0.1, 0.15) is 0 Å². The molecule has 22 heavy (non-hydrogen) atoms. The molecule has 0 aliphatic heterocycles. The summed E-state index contributed by atoms with van der Waals surface area (Å²) in [4.78, 5) is 2.12. The number of nitrogens with zero attached hydrogens (tertiary/aromatic N) is 2. The lowest BCUT2D eigenvalue weighted by molar-refractivity contribution is 0.389. The molecule has 3 rings (SSSR count). The highest BCUT2D eigenvalue weighted by molar-refractivity contribution is 6.16. The molecule has 0 amide bonds. The molecule has 8 N–H and O–H groups in total. The Morgan fingerprint density at radius 2 is 1.27 bits per heavy atom. The van der Waals surface area contributed by atoms with E-state index in [-0.39, 0.29) is 0 Å². The van der Waals surface area contributed by atoms with Gasteiger partial charge in [0.05, 0.1) is 22.4 Å². The summed E-state index contributed by atoms with van der Waals surface area (Å²) < 4.78 is 2.16. The van der Waals surface area contributed by atoms with E-state index in [9.17, 15) is 0 Å². The average molecular weight is 298 g/mol. The fourth-order valence-electron chi connectivity index (χ4n) is 3.01. The summed E-state index contributed by atoms with van der Waals surface area (Å²) >= 11 is 0. The topological polar surface area (TPSA) is 112 Å². The number of likely N-dealkylation sites (N-methyl/N-ethyl adjacent to an activating group) is 1. The molecule has 6 heteroatoms. The number of hydrogen-bond acceptors (Lipinski definition) is 5. The fourth-order valence-corrected chi connectivity index (χ4v) is 3.01. The Morgan fingerprint density at radius 1 is 0.818 bits per heavy atom. The van der Waals surface area contributed by atoms with Crippen molar-refractivity contribution in [2.45, 2.75) is 6.54 Å². The van der Waals surface area contributed by atoms with E-state index in [1.165, 1.54) is 0 Å². The van der Waals surface area contributed by atoms with Gasteiger partial charge >= 0.3 is 0 Å². The number of nitrogen functional groups attached to an aromatic ring is 4. The minimum atomic E-state index is 0.637. The molecular formula is C16H22N6. The van der Waals surface area contributed by atoms with Crippen LogP contribution in [0.3, 0.4) is 0 Å². The van der Waals surface area contributed by atoms with Gasteiger partial charge in [-0.3, -0.25) is 0 Å². The largest absolute Gasteiger partial charge is 0.399 e. The number of benzene rings is 2. The summed E-state index contributed by atoms with van der Waals surface area (Å²) in [5.41, 5.74) is 28.9. The molecule has 0 bridgehead atoms. The molecule has 2 aromatic carbocycles. The molecule has 0 saturated heterocycles.